The van der Waals surface area contributed by atoms with Crippen molar-refractivity contribution in [1.29, 1.82) is 0 Å². The molecule has 0 spiro atoms. The van der Waals surface area contributed by atoms with Gasteiger partial charge in [-0.15, -0.1) is 11.3 Å². The van der Waals surface area contributed by atoms with Gasteiger partial charge in [-0.25, -0.2) is 9.78 Å². The summed E-state index contributed by atoms with van der Waals surface area (Å²) in [6.45, 7) is 1.17. The van der Waals surface area contributed by atoms with Crippen LogP contribution in [0.3, 0.4) is 0 Å². The van der Waals surface area contributed by atoms with Crippen molar-refractivity contribution in [1.82, 2.24) is 4.98 Å². The lowest BCUT2D eigenvalue weighted by Gasteiger charge is -2.33. The summed E-state index contributed by atoms with van der Waals surface area (Å²) >= 11 is 1.32. The van der Waals surface area contributed by atoms with E-state index in [2.05, 4.69) is 4.98 Å². The van der Waals surface area contributed by atoms with Crippen molar-refractivity contribution in [2.45, 2.75) is 44.0 Å². The molecule has 1 aliphatic carbocycles. The molecule has 1 aromatic carbocycles. The average Bonchev–Trinajstić information content (AvgIpc) is 3.43. The van der Waals surface area contributed by atoms with Crippen molar-refractivity contribution in [2.24, 2.45) is 11.8 Å². The molecule has 2 aromatic rings. The fourth-order valence-corrected chi connectivity index (χ4v) is 5.59. The van der Waals surface area contributed by atoms with Crippen LogP contribution in [0.1, 0.15) is 46.4 Å². The number of hydrogen-bond acceptors (Lipinski definition) is 7. The minimum absolute atomic E-state index is 0.0244. The van der Waals surface area contributed by atoms with Crippen molar-refractivity contribution >= 4 is 17.3 Å². The Kier molecular flexibility index (Phi) is 4.93. The van der Waals surface area contributed by atoms with Gasteiger partial charge in [0.15, 0.2) is 5.69 Å². The number of rotatable bonds is 5. The summed E-state index contributed by atoms with van der Waals surface area (Å²) in [5.41, 5.74) is 1.23. The van der Waals surface area contributed by atoms with Crippen LogP contribution in [0.4, 0.5) is 0 Å². The maximum Gasteiger partial charge on any atom is 0.355 e. The molecule has 7 nitrogen and oxygen atoms in total. The Morgan fingerprint density at radius 2 is 2.24 bits per heavy atom. The summed E-state index contributed by atoms with van der Waals surface area (Å²) in [5.74, 6) is 0.976. The van der Waals surface area contributed by atoms with Crippen LogP contribution in [0.5, 0.6) is 11.5 Å². The number of nitrogens with zero attached hydrogens (tertiary/aromatic N) is 1. The van der Waals surface area contributed by atoms with Crippen molar-refractivity contribution in [3.63, 3.8) is 0 Å². The maximum absolute atomic E-state index is 11.1. The van der Waals surface area contributed by atoms with Crippen molar-refractivity contribution in [3.8, 4) is 11.5 Å². The van der Waals surface area contributed by atoms with Crippen LogP contribution in [-0.2, 0) is 11.2 Å². The number of aromatic nitrogens is 1. The van der Waals surface area contributed by atoms with Crippen LogP contribution in [0, 0.1) is 11.8 Å². The predicted octanol–water partition coefficient (Wildman–Crippen LogP) is 3.07. The molecule has 0 unspecified atom stereocenters. The molecule has 0 amide bonds. The number of fused-ring (bicyclic) bond motifs is 2. The second-order valence-electron chi connectivity index (χ2n) is 7.93. The number of carboxylic acid groups (broad SMARTS) is 1. The molecule has 5 atom stereocenters. The van der Waals surface area contributed by atoms with Gasteiger partial charge in [-0.2, -0.15) is 0 Å². The van der Waals surface area contributed by atoms with E-state index in [-0.39, 0.29) is 29.7 Å². The number of aliphatic hydroxyl groups is 1. The summed E-state index contributed by atoms with van der Waals surface area (Å²) in [5, 5.41) is 21.9. The minimum atomic E-state index is -1.02. The highest BCUT2D eigenvalue weighted by molar-refractivity contribution is 7.09. The van der Waals surface area contributed by atoms with Crippen molar-refractivity contribution < 1.29 is 29.2 Å². The van der Waals surface area contributed by atoms with Crippen molar-refractivity contribution in [3.05, 3.63) is 39.8 Å². The topological polar surface area (TPSA) is 98.1 Å². The third kappa shape index (κ3) is 3.60. The molecule has 2 N–H and O–H groups in total. The third-order valence-corrected chi connectivity index (χ3v) is 7.15. The van der Waals surface area contributed by atoms with Crippen LogP contribution >= 0.6 is 11.3 Å². The molecule has 1 saturated carbocycles. The summed E-state index contributed by atoms with van der Waals surface area (Å²) < 4.78 is 17.8. The van der Waals surface area contributed by atoms with E-state index in [9.17, 15) is 9.90 Å². The Hall–Kier alpha value is -2.16. The van der Waals surface area contributed by atoms with Crippen molar-refractivity contribution in [2.75, 3.05) is 13.2 Å². The van der Waals surface area contributed by atoms with Crippen LogP contribution in [0.2, 0.25) is 0 Å². The van der Waals surface area contributed by atoms with E-state index >= 15 is 0 Å². The van der Waals surface area contributed by atoms with Crippen LogP contribution < -0.4 is 9.47 Å². The number of carbonyl (C=O) groups is 1. The summed E-state index contributed by atoms with van der Waals surface area (Å²) in [7, 11) is 0. The van der Waals surface area contributed by atoms with Crippen LogP contribution in [0.25, 0.3) is 0 Å². The molecule has 3 aliphatic rings. The van der Waals surface area contributed by atoms with E-state index in [0.29, 0.717) is 18.0 Å². The number of aromatic carboxylic acids is 1. The van der Waals surface area contributed by atoms with Gasteiger partial charge in [0.2, 0.25) is 0 Å². The molecule has 0 bridgehead atoms. The third-order valence-electron chi connectivity index (χ3n) is 6.22. The lowest BCUT2D eigenvalue weighted by atomic mass is 9.87. The predicted molar refractivity (Wildman–Crippen MR) is 105 cm³/mol. The first-order valence-electron chi connectivity index (χ1n) is 9.99. The average molecular weight is 417 g/mol. The largest absolute Gasteiger partial charge is 0.493 e. The lowest BCUT2D eigenvalue weighted by molar-refractivity contribution is -0.0811. The number of thiazole rings is 1. The Morgan fingerprint density at radius 3 is 3.07 bits per heavy atom. The van der Waals surface area contributed by atoms with Gasteiger partial charge in [-0.1, -0.05) is 0 Å². The smallest absolute Gasteiger partial charge is 0.355 e. The molecule has 8 heteroatoms. The molecule has 1 saturated heterocycles. The summed E-state index contributed by atoms with van der Waals surface area (Å²) in [6.07, 6.45) is 2.44. The molecule has 3 heterocycles. The maximum atomic E-state index is 11.1. The molecule has 2 aliphatic heterocycles. The summed E-state index contributed by atoms with van der Waals surface area (Å²) in [4.78, 5) is 15.3. The van der Waals surface area contributed by atoms with Gasteiger partial charge in [0.25, 0.3) is 0 Å². The van der Waals surface area contributed by atoms with Gasteiger partial charge in [-0.05, 0) is 37.0 Å². The highest BCUT2D eigenvalue weighted by atomic mass is 32.1. The highest BCUT2D eigenvalue weighted by Gasteiger charge is 2.47. The van der Waals surface area contributed by atoms with E-state index in [1.54, 1.807) is 5.38 Å². The number of carboxylic acids is 1. The molecule has 29 heavy (non-hydrogen) atoms. The van der Waals surface area contributed by atoms with Gasteiger partial charge in [-0.3, -0.25) is 0 Å². The number of ether oxygens (including phenoxy) is 3. The standard InChI is InChI=1S/C21H23NO6S/c23-16-8-19-13(2-4-18(28-19)20-22-15(10-29-20)21(24)25)14(16)9-27-12-1-3-17-11(7-12)5-6-26-17/h1,3,7,10,13-14,16,18-19,23H,2,4-6,8-9H2,(H,24,25)/t13-,14-,16-,18-,19+/m1/s1. The van der Waals surface area contributed by atoms with E-state index < -0.39 is 12.1 Å². The molecular weight excluding hydrogens is 394 g/mol. The SMILES string of the molecule is O=C(O)c1csc([C@H]2CC[C@@H]3[C@@H](COc4ccc5c(c4)CCO5)[C@H](O)C[C@@H]3O2)n1. The summed E-state index contributed by atoms with van der Waals surface area (Å²) in [6, 6.07) is 5.88. The number of hydrogen-bond donors (Lipinski definition) is 2. The van der Waals surface area contributed by atoms with E-state index in [4.69, 9.17) is 19.3 Å². The van der Waals surface area contributed by atoms with Gasteiger partial charge in [0.1, 0.15) is 22.6 Å². The first-order valence-corrected chi connectivity index (χ1v) is 10.9. The molecule has 0 radical (unpaired) electrons. The number of aliphatic hydroxyl groups excluding tert-OH is 1. The second kappa shape index (κ2) is 7.59. The van der Waals surface area contributed by atoms with Gasteiger partial charge in [0, 0.05) is 29.7 Å². The minimum Gasteiger partial charge on any atom is -0.493 e. The van der Waals surface area contributed by atoms with Crippen LogP contribution in [-0.4, -0.2) is 46.6 Å². The van der Waals surface area contributed by atoms with E-state index in [1.165, 1.54) is 16.9 Å². The molecule has 154 valence electrons. The monoisotopic (exact) mass is 417 g/mol. The Morgan fingerprint density at radius 1 is 1.34 bits per heavy atom. The zero-order valence-corrected chi connectivity index (χ0v) is 16.6. The Labute approximate surface area is 172 Å². The first kappa shape index (κ1) is 18.8. The zero-order valence-electron chi connectivity index (χ0n) is 15.8. The number of benzene rings is 1. The molecule has 5 rings (SSSR count). The van der Waals surface area contributed by atoms with E-state index in [0.717, 1.165) is 37.4 Å². The van der Waals surface area contributed by atoms with E-state index in [1.807, 2.05) is 18.2 Å². The Bertz CT molecular complexity index is 914. The van der Waals surface area contributed by atoms with Gasteiger partial charge >= 0.3 is 5.97 Å². The first-order chi connectivity index (χ1) is 14.1. The molecular formula is C21H23NO6S. The van der Waals surface area contributed by atoms with Gasteiger partial charge in [0.05, 0.1) is 25.4 Å². The fourth-order valence-electron chi connectivity index (χ4n) is 4.72. The highest BCUT2D eigenvalue weighted by Crippen LogP contribution is 2.46. The molecule has 1 aromatic heterocycles. The van der Waals surface area contributed by atoms with Crippen LogP contribution in [0.15, 0.2) is 23.6 Å². The fraction of sp³-hybridized carbons (Fsp3) is 0.524. The normalized spacial score (nSPS) is 30.4. The van der Waals surface area contributed by atoms with Gasteiger partial charge < -0.3 is 24.4 Å². The zero-order chi connectivity index (χ0) is 20.0. The quantitative estimate of drug-likeness (QED) is 0.771. The lowest BCUT2D eigenvalue weighted by Crippen LogP contribution is -2.33. The Balaban J connectivity index is 1.22. The molecule has 2 fully saturated rings. The second-order valence-corrected chi connectivity index (χ2v) is 8.82.